The van der Waals surface area contributed by atoms with Gasteiger partial charge in [0.2, 0.25) is 5.91 Å². The lowest BCUT2D eigenvalue weighted by Crippen LogP contribution is -2.50. The Kier molecular flexibility index (Phi) is 3.97. The molecule has 1 saturated carbocycles. The van der Waals surface area contributed by atoms with Crippen LogP contribution in [0.5, 0.6) is 0 Å². The third kappa shape index (κ3) is 2.74. The molecule has 94 valence electrons. The van der Waals surface area contributed by atoms with Crippen molar-refractivity contribution >= 4 is 5.91 Å². The maximum Gasteiger partial charge on any atom is 0.227 e. The molecule has 1 fully saturated rings. The van der Waals surface area contributed by atoms with Crippen LogP contribution >= 0.6 is 0 Å². The highest BCUT2D eigenvalue weighted by Gasteiger charge is 2.43. The summed E-state index contributed by atoms with van der Waals surface area (Å²) >= 11 is 0. The summed E-state index contributed by atoms with van der Waals surface area (Å²) in [4.78, 5) is 12.1. The smallest absolute Gasteiger partial charge is 0.227 e. The Bertz CT molecular complexity index is 266. The minimum Gasteiger partial charge on any atom is -0.377 e. The number of rotatable bonds is 4. The second-order valence-electron chi connectivity index (χ2n) is 5.56. The number of hydrogen-bond acceptors (Lipinski definition) is 3. The Balaban J connectivity index is 2.53. The molecular formula is C12H24N2O2. The van der Waals surface area contributed by atoms with E-state index in [0.29, 0.717) is 6.54 Å². The third-order valence-corrected chi connectivity index (χ3v) is 3.78. The summed E-state index contributed by atoms with van der Waals surface area (Å²) < 4.78 is 5.26. The molecule has 0 spiro atoms. The van der Waals surface area contributed by atoms with Crippen molar-refractivity contribution in [1.29, 1.82) is 0 Å². The number of hydrogen-bond donors (Lipinski definition) is 2. The monoisotopic (exact) mass is 228 g/mol. The molecule has 0 aliphatic heterocycles. The van der Waals surface area contributed by atoms with Crippen LogP contribution in [-0.2, 0) is 9.53 Å². The van der Waals surface area contributed by atoms with Crippen LogP contribution in [-0.4, -0.2) is 31.2 Å². The fourth-order valence-corrected chi connectivity index (χ4v) is 2.04. The van der Waals surface area contributed by atoms with Crippen molar-refractivity contribution in [2.75, 3.05) is 13.7 Å². The van der Waals surface area contributed by atoms with E-state index < -0.39 is 5.41 Å². The topological polar surface area (TPSA) is 64.3 Å². The van der Waals surface area contributed by atoms with Gasteiger partial charge in [0, 0.05) is 19.7 Å². The van der Waals surface area contributed by atoms with Crippen molar-refractivity contribution in [2.45, 2.75) is 51.7 Å². The fraction of sp³-hybridized carbons (Fsp3) is 0.917. The van der Waals surface area contributed by atoms with Crippen molar-refractivity contribution in [3.63, 3.8) is 0 Å². The molecule has 1 rings (SSSR count). The third-order valence-electron chi connectivity index (χ3n) is 3.78. The highest BCUT2D eigenvalue weighted by atomic mass is 16.5. The fourth-order valence-electron chi connectivity index (χ4n) is 2.04. The Labute approximate surface area is 97.9 Å². The van der Waals surface area contributed by atoms with Gasteiger partial charge in [0.25, 0.3) is 0 Å². The van der Waals surface area contributed by atoms with Gasteiger partial charge >= 0.3 is 0 Å². The zero-order valence-corrected chi connectivity index (χ0v) is 10.8. The van der Waals surface area contributed by atoms with Gasteiger partial charge in [0.15, 0.2) is 0 Å². The minimum atomic E-state index is -0.399. The molecule has 1 aliphatic rings. The summed E-state index contributed by atoms with van der Waals surface area (Å²) in [6.45, 7) is 6.37. The molecule has 4 heteroatoms. The van der Waals surface area contributed by atoms with Crippen molar-refractivity contribution < 1.29 is 9.53 Å². The number of carbonyl (C=O) groups is 1. The average Bonchev–Trinajstić information content (AvgIpc) is 2.57. The molecule has 2 unspecified atom stereocenters. The first kappa shape index (κ1) is 13.5. The van der Waals surface area contributed by atoms with E-state index in [1.807, 2.05) is 20.8 Å². The average molecular weight is 228 g/mol. The van der Waals surface area contributed by atoms with E-state index >= 15 is 0 Å². The highest BCUT2D eigenvalue weighted by molar-refractivity contribution is 5.83. The normalized spacial score (nSPS) is 30.4. The number of ether oxygens (including phenoxy) is 1. The molecular weight excluding hydrogens is 204 g/mol. The molecule has 16 heavy (non-hydrogen) atoms. The zero-order valence-electron chi connectivity index (χ0n) is 10.8. The number of nitrogens with one attached hydrogen (secondary N) is 1. The van der Waals surface area contributed by atoms with Gasteiger partial charge in [0.1, 0.15) is 0 Å². The van der Waals surface area contributed by atoms with Gasteiger partial charge < -0.3 is 15.8 Å². The van der Waals surface area contributed by atoms with E-state index in [1.54, 1.807) is 7.11 Å². The van der Waals surface area contributed by atoms with E-state index in [9.17, 15) is 4.79 Å². The molecule has 4 nitrogen and oxygen atoms in total. The number of amides is 1. The Morgan fingerprint density at radius 3 is 2.69 bits per heavy atom. The van der Waals surface area contributed by atoms with Gasteiger partial charge in [-0.15, -0.1) is 0 Å². The zero-order chi connectivity index (χ0) is 12.4. The summed E-state index contributed by atoms with van der Waals surface area (Å²) in [6.07, 6.45) is 2.86. The van der Waals surface area contributed by atoms with Crippen molar-refractivity contribution in [3.8, 4) is 0 Å². The molecule has 0 aromatic rings. The summed E-state index contributed by atoms with van der Waals surface area (Å²) in [5, 5.41) is 2.94. The van der Waals surface area contributed by atoms with Crippen LogP contribution in [0.15, 0.2) is 0 Å². The second kappa shape index (κ2) is 4.72. The number of methoxy groups -OCH3 is 1. The minimum absolute atomic E-state index is 0.0156. The van der Waals surface area contributed by atoms with E-state index in [4.69, 9.17) is 10.5 Å². The van der Waals surface area contributed by atoms with Crippen molar-refractivity contribution in [2.24, 2.45) is 11.1 Å². The lowest BCUT2D eigenvalue weighted by atomic mass is 9.84. The quantitative estimate of drug-likeness (QED) is 0.756. The van der Waals surface area contributed by atoms with E-state index in [1.165, 1.54) is 0 Å². The van der Waals surface area contributed by atoms with E-state index in [0.717, 1.165) is 19.3 Å². The SMILES string of the molecule is COC(C)(C)CNC(=O)C1(C)CCCC1N. The molecule has 0 radical (unpaired) electrons. The van der Waals surface area contributed by atoms with Gasteiger partial charge in [0.05, 0.1) is 11.0 Å². The summed E-state index contributed by atoms with van der Waals surface area (Å²) in [5.74, 6) is 0.0580. The second-order valence-corrected chi connectivity index (χ2v) is 5.56. The maximum atomic E-state index is 12.1. The molecule has 0 saturated heterocycles. The lowest BCUT2D eigenvalue weighted by molar-refractivity contribution is -0.131. The molecule has 1 aliphatic carbocycles. The molecule has 1 amide bonds. The molecule has 0 heterocycles. The Morgan fingerprint density at radius 2 is 2.25 bits per heavy atom. The molecule has 0 aromatic carbocycles. The summed E-state index contributed by atoms with van der Waals surface area (Å²) in [7, 11) is 1.65. The van der Waals surface area contributed by atoms with E-state index in [2.05, 4.69) is 5.32 Å². The molecule has 0 bridgehead atoms. The van der Waals surface area contributed by atoms with Gasteiger partial charge in [-0.1, -0.05) is 6.42 Å². The van der Waals surface area contributed by atoms with Crippen molar-refractivity contribution in [3.05, 3.63) is 0 Å². The van der Waals surface area contributed by atoms with Gasteiger partial charge in [-0.2, -0.15) is 0 Å². The number of nitrogens with two attached hydrogens (primary N) is 1. The van der Waals surface area contributed by atoms with Crippen LogP contribution in [0.4, 0.5) is 0 Å². The Morgan fingerprint density at radius 1 is 1.62 bits per heavy atom. The van der Waals surface area contributed by atoms with Crippen LogP contribution in [0.3, 0.4) is 0 Å². The summed E-state index contributed by atoms with van der Waals surface area (Å²) in [6, 6.07) is -0.0156. The van der Waals surface area contributed by atoms with Crippen LogP contribution in [0, 0.1) is 5.41 Å². The first-order valence-corrected chi connectivity index (χ1v) is 5.91. The largest absolute Gasteiger partial charge is 0.377 e. The van der Waals surface area contributed by atoms with Crippen LogP contribution < -0.4 is 11.1 Å². The van der Waals surface area contributed by atoms with Gasteiger partial charge in [-0.25, -0.2) is 0 Å². The summed E-state index contributed by atoms with van der Waals surface area (Å²) in [5.41, 5.74) is 5.27. The standard InChI is InChI=1S/C12H24N2O2/c1-11(2,16-4)8-14-10(15)12(3)7-5-6-9(12)13/h9H,5-8,13H2,1-4H3,(H,14,15). The first-order chi connectivity index (χ1) is 7.32. The predicted octanol–water partition coefficient (Wildman–Crippen LogP) is 1.05. The maximum absolute atomic E-state index is 12.1. The first-order valence-electron chi connectivity index (χ1n) is 5.91. The number of carbonyl (C=O) groups excluding carboxylic acids is 1. The van der Waals surface area contributed by atoms with Gasteiger partial charge in [-0.05, 0) is 33.6 Å². The highest BCUT2D eigenvalue weighted by Crippen LogP contribution is 2.36. The van der Waals surface area contributed by atoms with Crippen LogP contribution in [0.25, 0.3) is 0 Å². The lowest BCUT2D eigenvalue weighted by Gasteiger charge is -2.30. The van der Waals surface area contributed by atoms with Crippen LogP contribution in [0.1, 0.15) is 40.0 Å². The van der Waals surface area contributed by atoms with Crippen molar-refractivity contribution in [1.82, 2.24) is 5.32 Å². The Hall–Kier alpha value is -0.610. The van der Waals surface area contributed by atoms with E-state index in [-0.39, 0.29) is 17.6 Å². The molecule has 0 aromatic heterocycles. The van der Waals surface area contributed by atoms with Crippen LogP contribution in [0.2, 0.25) is 0 Å². The van der Waals surface area contributed by atoms with Gasteiger partial charge in [-0.3, -0.25) is 4.79 Å². The molecule has 3 N–H and O–H groups in total. The molecule has 2 atom stereocenters. The predicted molar refractivity (Wildman–Crippen MR) is 64.0 cm³/mol.